The van der Waals surface area contributed by atoms with Crippen LogP contribution in [0.15, 0.2) is 12.1 Å². The van der Waals surface area contributed by atoms with Crippen molar-refractivity contribution in [3.8, 4) is 5.75 Å². The van der Waals surface area contributed by atoms with Crippen LogP contribution in [-0.4, -0.2) is 11.9 Å². The molecule has 0 N–H and O–H groups in total. The van der Waals surface area contributed by atoms with Crippen LogP contribution in [-0.2, 0) is 4.79 Å². The maximum absolute atomic E-state index is 10.9. The van der Waals surface area contributed by atoms with Crippen molar-refractivity contribution < 1.29 is 19.4 Å². The molecule has 0 fully saturated rings. The molecule has 6 heteroatoms. The Morgan fingerprint density at radius 3 is 2.27 bits per heavy atom. The second-order valence-electron chi connectivity index (χ2n) is 2.61. The summed E-state index contributed by atoms with van der Waals surface area (Å²) >= 11 is 3.75. The molecule has 0 aliphatic heterocycles. The Balaban J connectivity index is 3.38. The average molecular weight is 431 g/mol. The second-order valence-corrected chi connectivity index (χ2v) is 4.94. The third-order valence-electron chi connectivity index (χ3n) is 1.51. The lowest BCUT2D eigenvalue weighted by Gasteiger charge is -2.13. The number of esters is 1. The Labute approximate surface area is 113 Å². The topological polar surface area (TPSA) is 66.4 Å². The molecule has 0 radical (unpaired) electrons. The van der Waals surface area contributed by atoms with Crippen molar-refractivity contribution >= 4 is 57.1 Å². The van der Waals surface area contributed by atoms with Crippen LogP contribution < -0.4 is 9.84 Å². The third kappa shape index (κ3) is 3.03. The molecule has 0 atom stereocenters. The van der Waals surface area contributed by atoms with Crippen LogP contribution in [0, 0.1) is 7.14 Å². The highest BCUT2D eigenvalue weighted by molar-refractivity contribution is 14.1. The summed E-state index contributed by atoms with van der Waals surface area (Å²) in [4.78, 5) is 21.7. The van der Waals surface area contributed by atoms with Gasteiger partial charge in [0, 0.05) is 10.5 Å². The molecule has 0 heterocycles. The number of benzene rings is 1. The Kier molecular flexibility index (Phi) is 4.32. The lowest BCUT2D eigenvalue weighted by atomic mass is 10.2. The molecule has 15 heavy (non-hydrogen) atoms. The molecule has 1 aromatic carbocycles. The van der Waals surface area contributed by atoms with Gasteiger partial charge in [0.05, 0.1) is 15.1 Å². The van der Waals surface area contributed by atoms with Gasteiger partial charge >= 0.3 is 5.97 Å². The largest absolute Gasteiger partial charge is 0.545 e. The molecule has 0 bridgehead atoms. The summed E-state index contributed by atoms with van der Waals surface area (Å²) < 4.78 is 5.88. The summed E-state index contributed by atoms with van der Waals surface area (Å²) in [7, 11) is 0. The standard InChI is InChI=1S/C9H6I2O4/c1-4(12)15-8-6(11)3-2-5(10)7(8)9(13)14/h2-3H,1H3,(H,13,14)/p-1. The number of aromatic carboxylic acids is 1. The van der Waals surface area contributed by atoms with E-state index in [0.717, 1.165) is 0 Å². The van der Waals surface area contributed by atoms with Crippen LogP contribution in [0.4, 0.5) is 0 Å². The molecular weight excluding hydrogens is 426 g/mol. The first kappa shape index (κ1) is 12.7. The number of halogens is 2. The fourth-order valence-electron chi connectivity index (χ4n) is 0.967. The number of hydrogen-bond donors (Lipinski definition) is 0. The van der Waals surface area contributed by atoms with E-state index in [1.807, 2.05) is 45.2 Å². The lowest BCUT2D eigenvalue weighted by Crippen LogP contribution is -2.25. The number of carboxylic acids is 1. The predicted molar refractivity (Wildman–Crippen MR) is 67.5 cm³/mol. The maximum atomic E-state index is 10.9. The molecular formula is C9H5I2O4-. The first-order valence-corrected chi connectivity index (χ1v) is 5.97. The fraction of sp³-hybridized carbons (Fsp3) is 0.111. The quantitative estimate of drug-likeness (QED) is 0.401. The molecule has 0 aliphatic rings. The van der Waals surface area contributed by atoms with E-state index in [-0.39, 0.29) is 11.3 Å². The Morgan fingerprint density at radius 2 is 1.80 bits per heavy atom. The van der Waals surface area contributed by atoms with Gasteiger partial charge in [-0.3, -0.25) is 4.79 Å². The van der Waals surface area contributed by atoms with Gasteiger partial charge in [-0.05, 0) is 57.3 Å². The average Bonchev–Trinajstić information content (AvgIpc) is 2.10. The van der Waals surface area contributed by atoms with Gasteiger partial charge in [0.25, 0.3) is 0 Å². The highest BCUT2D eigenvalue weighted by atomic mass is 127. The summed E-state index contributed by atoms with van der Waals surface area (Å²) in [5.74, 6) is -1.86. The van der Waals surface area contributed by atoms with E-state index in [1.54, 1.807) is 12.1 Å². The normalized spacial score (nSPS) is 9.80. The molecule has 1 aromatic rings. The lowest BCUT2D eigenvalue weighted by molar-refractivity contribution is -0.255. The zero-order valence-corrected chi connectivity index (χ0v) is 11.9. The van der Waals surface area contributed by atoms with Crippen molar-refractivity contribution in [2.24, 2.45) is 0 Å². The van der Waals surface area contributed by atoms with E-state index >= 15 is 0 Å². The SMILES string of the molecule is CC(=O)Oc1c(I)ccc(I)c1C(=O)[O-]. The monoisotopic (exact) mass is 431 g/mol. The van der Waals surface area contributed by atoms with Gasteiger partial charge in [0.15, 0.2) is 5.75 Å². The molecule has 0 unspecified atom stereocenters. The number of carbonyl (C=O) groups excluding carboxylic acids is 2. The van der Waals surface area contributed by atoms with Crippen molar-refractivity contribution in [3.63, 3.8) is 0 Å². The highest BCUT2D eigenvalue weighted by Crippen LogP contribution is 2.29. The van der Waals surface area contributed by atoms with E-state index in [4.69, 9.17) is 4.74 Å². The van der Waals surface area contributed by atoms with Gasteiger partial charge in [0.2, 0.25) is 0 Å². The molecule has 0 saturated heterocycles. The summed E-state index contributed by atoms with van der Waals surface area (Å²) in [5, 5.41) is 10.9. The first-order chi connectivity index (χ1) is 6.93. The zero-order chi connectivity index (χ0) is 11.6. The summed E-state index contributed by atoms with van der Waals surface area (Å²) in [6.45, 7) is 1.22. The van der Waals surface area contributed by atoms with Crippen LogP contribution in [0.5, 0.6) is 5.75 Å². The summed E-state index contributed by atoms with van der Waals surface area (Å²) in [5.41, 5.74) is -0.0855. The number of carbonyl (C=O) groups is 2. The van der Waals surface area contributed by atoms with E-state index in [1.165, 1.54) is 6.92 Å². The molecule has 0 saturated carbocycles. The predicted octanol–water partition coefficient (Wildman–Crippen LogP) is 1.18. The number of hydrogen-bond acceptors (Lipinski definition) is 4. The summed E-state index contributed by atoms with van der Waals surface area (Å²) in [6, 6.07) is 3.30. The highest BCUT2D eigenvalue weighted by Gasteiger charge is 2.14. The number of carboxylic acid groups (broad SMARTS) is 1. The van der Waals surface area contributed by atoms with E-state index in [2.05, 4.69) is 0 Å². The Bertz CT molecular complexity index is 428. The van der Waals surface area contributed by atoms with Gasteiger partial charge in [-0.2, -0.15) is 0 Å². The van der Waals surface area contributed by atoms with Crippen LogP contribution >= 0.6 is 45.2 Å². The van der Waals surface area contributed by atoms with Crippen molar-refractivity contribution in [1.82, 2.24) is 0 Å². The van der Waals surface area contributed by atoms with Crippen molar-refractivity contribution in [3.05, 3.63) is 24.8 Å². The van der Waals surface area contributed by atoms with Gasteiger partial charge in [0.1, 0.15) is 0 Å². The van der Waals surface area contributed by atoms with Gasteiger partial charge in [-0.25, -0.2) is 0 Å². The second kappa shape index (κ2) is 5.10. The van der Waals surface area contributed by atoms with Crippen LogP contribution in [0.3, 0.4) is 0 Å². The van der Waals surface area contributed by atoms with E-state index < -0.39 is 11.9 Å². The smallest absolute Gasteiger partial charge is 0.308 e. The maximum Gasteiger partial charge on any atom is 0.308 e. The molecule has 80 valence electrons. The van der Waals surface area contributed by atoms with Gasteiger partial charge in [-0.1, -0.05) is 0 Å². The van der Waals surface area contributed by atoms with Crippen molar-refractivity contribution in [2.75, 3.05) is 0 Å². The molecule has 0 aromatic heterocycles. The summed E-state index contributed by atoms with van der Waals surface area (Å²) in [6.07, 6.45) is 0. The Hall–Kier alpha value is -0.380. The van der Waals surface area contributed by atoms with Crippen molar-refractivity contribution in [1.29, 1.82) is 0 Å². The third-order valence-corrected chi connectivity index (χ3v) is 3.26. The van der Waals surface area contributed by atoms with Gasteiger partial charge < -0.3 is 14.6 Å². The minimum Gasteiger partial charge on any atom is -0.545 e. The van der Waals surface area contributed by atoms with Crippen molar-refractivity contribution in [2.45, 2.75) is 6.92 Å². The Morgan fingerprint density at radius 1 is 1.27 bits per heavy atom. The van der Waals surface area contributed by atoms with Crippen LogP contribution in [0.2, 0.25) is 0 Å². The molecule has 1 rings (SSSR count). The number of rotatable bonds is 2. The van der Waals surface area contributed by atoms with E-state index in [9.17, 15) is 14.7 Å². The van der Waals surface area contributed by atoms with Crippen LogP contribution in [0.1, 0.15) is 17.3 Å². The first-order valence-electron chi connectivity index (χ1n) is 3.81. The minimum absolute atomic E-state index is 0.0509. The van der Waals surface area contributed by atoms with Gasteiger partial charge in [-0.15, -0.1) is 0 Å². The number of ether oxygens (including phenoxy) is 1. The molecule has 0 spiro atoms. The van der Waals surface area contributed by atoms with E-state index in [0.29, 0.717) is 7.14 Å². The minimum atomic E-state index is -1.35. The fourth-order valence-corrected chi connectivity index (χ4v) is 2.17. The molecule has 0 aliphatic carbocycles. The zero-order valence-electron chi connectivity index (χ0n) is 7.54. The molecule has 0 amide bonds. The van der Waals surface area contributed by atoms with Crippen LogP contribution in [0.25, 0.3) is 0 Å². The molecule has 4 nitrogen and oxygen atoms in total.